The number of ketones is 1. The van der Waals surface area contributed by atoms with Gasteiger partial charge >= 0.3 is 0 Å². The molecule has 0 amide bonds. The molecule has 1 aliphatic carbocycles. The Morgan fingerprint density at radius 1 is 1.22 bits per heavy atom. The van der Waals surface area contributed by atoms with Gasteiger partial charge in [-0.25, -0.2) is 0 Å². The van der Waals surface area contributed by atoms with Crippen LogP contribution in [0.25, 0.3) is 6.08 Å². The first kappa shape index (κ1) is 16.5. The van der Waals surface area contributed by atoms with Crippen molar-refractivity contribution in [2.75, 3.05) is 0 Å². The quantitative estimate of drug-likeness (QED) is 0.617. The minimum atomic E-state index is -0.576. The van der Waals surface area contributed by atoms with E-state index in [2.05, 4.69) is 6.92 Å². The second-order valence-electron chi connectivity index (χ2n) is 7.37. The van der Waals surface area contributed by atoms with Crippen LogP contribution in [-0.4, -0.2) is 24.8 Å². The largest absolute Gasteiger partial charge is 0.356 e. The van der Waals surface area contributed by atoms with Crippen LogP contribution in [-0.2, 0) is 16.0 Å². The summed E-state index contributed by atoms with van der Waals surface area (Å²) < 4.78 is 6.33. The standard InChI is InChI=1S/C20H25BO2/c1-4-14-12-16(21)9-8-15(14)13-17-18(22)20(23-19(17,2)3)10-6-5-7-11-20/h8-9,12-13H,4-7,10-11H2,1-3H3/b17-13-. The van der Waals surface area contributed by atoms with Crippen molar-refractivity contribution in [3.8, 4) is 0 Å². The van der Waals surface area contributed by atoms with E-state index in [1.807, 2.05) is 38.1 Å². The van der Waals surface area contributed by atoms with Gasteiger partial charge < -0.3 is 4.74 Å². The summed E-state index contributed by atoms with van der Waals surface area (Å²) in [5.74, 6) is 0.195. The fourth-order valence-corrected chi connectivity index (χ4v) is 4.03. The van der Waals surface area contributed by atoms with Crippen LogP contribution >= 0.6 is 0 Å². The van der Waals surface area contributed by atoms with Gasteiger partial charge in [0.15, 0.2) is 5.78 Å². The first-order valence-corrected chi connectivity index (χ1v) is 8.73. The van der Waals surface area contributed by atoms with Gasteiger partial charge in [-0.1, -0.05) is 49.8 Å². The average Bonchev–Trinajstić information content (AvgIpc) is 2.69. The number of benzene rings is 1. The topological polar surface area (TPSA) is 26.3 Å². The van der Waals surface area contributed by atoms with Crippen molar-refractivity contribution in [2.45, 2.75) is 70.5 Å². The third kappa shape index (κ3) is 2.92. The van der Waals surface area contributed by atoms with E-state index in [0.717, 1.165) is 48.7 Å². The van der Waals surface area contributed by atoms with Crippen LogP contribution in [0.5, 0.6) is 0 Å². The van der Waals surface area contributed by atoms with Gasteiger partial charge in [0.1, 0.15) is 13.4 Å². The lowest BCUT2D eigenvalue weighted by Gasteiger charge is -2.32. The zero-order valence-electron chi connectivity index (χ0n) is 14.4. The first-order valence-electron chi connectivity index (χ1n) is 8.73. The second-order valence-corrected chi connectivity index (χ2v) is 7.37. The maximum absolute atomic E-state index is 13.2. The molecule has 2 aliphatic rings. The molecule has 0 N–H and O–H groups in total. The molecule has 2 radical (unpaired) electrons. The van der Waals surface area contributed by atoms with Crippen molar-refractivity contribution >= 4 is 25.2 Å². The molecule has 0 unspecified atom stereocenters. The molecule has 1 aromatic carbocycles. The smallest absolute Gasteiger partial charge is 0.193 e. The Labute approximate surface area is 140 Å². The second kappa shape index (κ2) is 5.94. The minimum absolute atomic E-state index is 0.195. The summed E-state index contributed by atoms with van der Waals surface area (Å²) in [7, 11) is 5.89. The van der Waals surface area contributed by atoms with Crippen molar-refractivity contribution < 1.29 is 9.53 Å². The highest BCUT2D eigenvalue weighted by Gasteiger charge is 2.54. The van der Waals surface area contributed by atoms with Gasteiger partial charge in [0.25, 0.3) is 0 Å². The van der Waals surface area contributed by atoms with Gasteiger partial charge in [-0.3, -0.25) is 4.79 Å². The lowest BCUT2D eigenvalue weighted by atomic mass is 9.79. The van der Waals surface area contributed by atoms with Crippen molar-refractivity contribution in [1.82, 2.24) is 0 Å². The summed E-state index contributed by atoms with van der Waals surface area (Å²) in [6.07, 6.45) is 8.00. The van der Waals surface area contributed by atoms with Gasteiger partial charge in [0.05, 0.1) is 5.60 Å². The van der Waals surface area contributed by atoms with E-state index in [1.165, 1.54) is 12.0 Å². The maximum atomic E-state index is 13.2. The van der Waals surface area contributed by atoms with Gasteiger partial charge in [0, 0.05) is 5.57 Å². The third-order valence-corrected chi connectivity index (χ3v) is 5.27. The minimum Gasteiger partial charge on any atom is -0.356 e. The van der Waals surface area contributed by atoms with Gasteiger partial charge in [-0.05, 0) is 50.3 Å². The number of ether oxygens (including phenoxy) is 1. The molecule has 23 heavy (non-hydrogen) atoms. The molecule has 120 valence electrons. The van der Waals surface area contributed by atoms with Crippen molar-refractivity contribution in [1.29, 1.82) is 0 Å². The normalized spacial score (nSPS) is 24.5. The summed E-state index contributed by atoms with van der Waals surface area (Å²) in [5, 5.41) is 0. The molecule has 0 aromatic heterocycles. The Bertz CT molecular complexity index is 652. The molecular formula is C20H25BO2. The van der Waals surface area contributed by atoms with Crippen molar-refractivity contribution in [3.05, 3.63) is 34.9 Å². The monoisotopic (exact) mass is 308 g/mol. The van der Waals surface area contributed by atoms with E-state index in [1.54, 1.807) is 0 Å². The molecule has 1 aliphatic heterocycles. The van der Waals surface area contributed by atoms with E-state index >= 15 is 0 Å². The Morgan fingerprint density at radius 3 is 2.57 bits per heavy atom. The predicted molar refractivity (Wildman–Crippen MR) is 95.2 cm³/mol. The Hall–Kier alpha value is -1.35. The van der Waals surface area contributed by atoms with E-state index < -0.39 is 11.2 Å². The molecule has 0 bridgehead atoms. The lowest BCUT2D eigenvalue weighted by Crippen LogP contribution is -2.39. The summed E-state index contributed by atoms with van der Waals surface area (Å²) in [6, 6.07) is 5.90. The Balaban J connectivity index is 2.03. The van der Waals surface area contributed by atoms with Gasteiger partial charge in [0.2, 0.25) is 0 Å². The summed E-state index contributed by atoms with van der Waals surface area (Å²) >= 11 is 0. The molecule has 1 saturated heterocycles. The zero-order chi connectivity index (χ0) is 16.7. The number of carbonyl (C=O) groups is 1. The van der Waals surface area contributed by atoms with Crippen molar-refractivity contribution in [2.24, 2.45) is 0 Å². The highest BCUT2D eigenvalue weighted by molar-refractivity contribution is 6.32. The predicted octanol–water partition coefficient (Wildman–Crippen LogP) is 3.51. The van der Waals surface area contributed by atoms with E-state index in [9.17, 15) is 4.79 Å². The summed E-state index contributed by atoms with van der Waals surface area (Å²) in [4.78, 5) is 13.2. The molecule has 1 heterocycles. The van der Waals surface area contributed by atoms with Crippen LogP contribution < -0.4 is 5.46 Å². The summed E-state index contributed by atoms with van der Waals surface area (Å²) in [5.41, 5.74) is 2.72. The molecule has 1 saturated carbocycles. The molecular weight excluding hydrogens is 283 g/mol. The van der Waals surface area contributed by atoms with Gasteiger partial charge in [-0.2, -0.15) is 0 Å². The van der Waals surface area contributed by atoms with Crippen LogP contribution in [0.15, 0.2) is 23.8 Å². The lowest BCUT2D eigenvalue weighted by molar-refractivity contribution is -0.143. The highest BCUT2D eigenvalue weighted by Crippen LogP contribution is 2.47. The molecule has 1 aromatic rings. The van der Waals surface area contributed by atoms with Crippen LogP contribution in [0.4, 0.5) is 0 Å². The number of carbonyl (C=O) groups excluding carboxylic acids is 1. The zero-order valence-corrected chi connectivity index (χ0v) is 14.4. The molecule has 3 rings (SSSR count). The molecule has 3 heteroatoms. The Kier molecular flexibility index (Phi) is 4.26. The van der Waals surface area contributed by atoms with Crippen molar-refractivity contribution in [3.63, 3.8) is 0 Å². The van der Waals surface area contributed by atoms with E-state index in [-0.39, 0.29) is 5.78 Å². The maximum Gasteiger partial charge on any atom is 0.193 e. The number of hydrogen-bond acceptors (Lipinski definition) is 2. The fraction of sp³-hybridized carbons (Fsp3) is 0.550. The van der Waals surface area contributed by atoms with E-state index in [4.69, 9.17) is 12.6 Å². The highest BCUT2D eigenvalue weighted by atomic mass is 16.5. The SMILES string of the molecule is [B]c1ccc(/C=C2/C(=O)C3(CCCCC3)OC2(C)C)c(CC)c1. The van der Waals surface area contributed by atoms with E-state index in [0.29, 0.717) is 0 Å². The molecule has 0 atom stereocenters. The third-order valence-electron chi connectivity index (χ3n) is 5.27. The van der Waals surface area contributed by atoms with Crippen LogP contribution in [0.2, 0.25) is 0 Å². The molecule has 2 fully saturated rings. The van der Waals surface area contributed by atoms with Crippen LogP contribution in [0.1, 0.15) is 64.0 Å². The summed E-state index contributed by atoms with van der Waals surface area (Å²) in [6.45, 7) is 6.14. The van der Waals surface area contributed by atoms with Crippen LogP contribution in [0.3, 0.4) is 0 Å². The number of Topliss-reactive ketones (excluding diaryl/α,β-unsaturated/α-hetero) is 1. The average molecular weight is 308 g/mol. The Morgan fingerprint density at radius 2 is 1.91 bits per heavy atom. The van der Waals surface area contributed by atoms with Crippen LogP contribution in [0, 0.1) is 0 Å². The number of hydrogen-bond donors (Lipinski definition) is 0. The van der Waals surface area contributed by atoms with Gasteiger partial charge in [-0.15, -0.1) is 0 Å². The molecule has 1 spiro atoms. The fourth-order valence-electron chi connectivity index (χ4n) is 4.03. The number of rotatable bonds is 2. The first-order chi connectivity index (χ1) is 10.9. The number of aryl methyl sites for hydroxylation is 1. The molecule has 2 nitrogen and oxygen atoms in total.